The molecule has 0 saturated carbocycles. The van der Waals surface area contributed by atoms with E-state index in [1.807, 2.05) is 11.9 Å². The molecule has 1 aromatic carbocycles. The van der Waals surface area contributed by atoms with Gasteiger partial charge in [-0.1, -0.05) is 12.2 Å². The first-order valence-corrected chi connectivity index (χ1v) is 9.89. The fourth-order valence-electron chi connectivity index (χ4n) is 5.16. The molecule has 152 valence electrons. The van der Waals surface area contributed by atoms with Gasteiger partial charge >= 0.3 is 10.4 Å². The van der Waals surface area contributed by atoms with Gasteiger partial charge < -0.3 is 20.1 Å². The zero-order valence-corrected chi connectivity index (χ0v) is 15.5. The van der Waals surface area contributed by atoms with Crippen molar-refractivity contribution in [2.45, 2.75) is 35.7 Å². The smallest absolute Gasteiger partial charge is 0.394 e. The minimum Gasteiger partial charge on any atom is -0.504 e. The first-order chi connectivity index (χ1) is 12.9. The number of rotatable bonds is 0. The highest BCUT2D eigenvalue weighted by molar-refractivity contribution is 7.79. The van der Waals surface area contributed by atoms with Gasteiger partial charge in [0.05, 0.1) is 5.41 Å². The van der Waals surface area contributed by atoms with E-state index in [0.717, 1.165) is 0 Å². The minimum atomic E-state index is -4.67. The number of likely N-dealkylation sites (tertiary alicyclic amines) is 1. The number of Topliss-reactive ketones (excluding diaryl/α,β-unsaturated/α-hetero) is 1. The second-order valence-electron chi connectivity index (χ2n) is 7.47. The fourth-order valence-corrected chi connectivity index (χ4v) is 5.16. The molecule has 2 aliphatic carbocycles. The summed E-state index contributed by atoms with van der Waals surface area (Å²) in [6, 6.07) is 2.33. The molecule has 28 heavy (non-hydrogen) atoms. The van der Waals surface area contributed by atoms with Crippen LogP contribution in [-0.2, 0) is 15.8 Å². The van der Waals surface area contributed by atoms with Crippen molar-refractivity contribution in [3.05, 3.63) is 35.4 Å². The van der Waals surface area contributed by atoms with Crippen molar-refractivity contribution in [1.29, 1.82) is 0 Å². The molecule has 2 bridgehead atoms. The number of ether oxygens (including phenoxy) is 1. The standard InChI is InChI=1S/C17H17NO5.H2O4S/c1-18-7-6-16-11-8-2-3-9(19)13(11)23-15(16)10(20)4-5-17(16,22)14(18)12(8)21;1-5(2,3)4/h2-5,10,14-15,19-20,22H,6-7H2,1H3;(H2,1,2,3,4)/t10-,14+,15-,16-,17+;/m0./s1. The van der Waals surface area contributed by atoms with Crippen molar-refractivity contribution in [2.75, 3.05) is 13.6 Å². The summed E-state index contributed by atoms with van der Waals surface area (Å²) in [6.45, 7) is 0.605. The van der Waals surface area contributed by atoms with E-state index in [0.29, 0.717) is 24.1 Å². The number of benzene rings is 1. The van der Waals surface area contributed by atoms with Crippen LogP contribution in [-0.4, -0.2) is 81.0 Å². The highest BCUT2D eigenvalue weighted by Gasteiger charge is 2.73. The Kier molecular flexibility index (Phi) is 3.96. The van der Waals surface area contributed by atoms with E-state index in [1.54, 1.807) is 12.1 Å². The molecule has 5 rings (SSSR count). The number of carbonyl (C=O) groups is 1. The molecular formula is C17H19NO9S. The van der Waals surface area contributed by atoms with E-state index in [9.17, 15) is 20.1 Å². The third-order valence-corrected chi connectivity index (χ3v) is 6.12. The van der Waals surface area contributed by atoms with Gasteiger partial charge in [0, 0.05) is 11.1 Å². The summed E-state index contributed by atoms with van der Waals surface area (Å²) >= 11 is 0. The van der Waals surface area contributed by atoms with Crippen LogP contribution in [0.15, 0.2) is 24.3 Å². The number of phenolic OH excluding ortho intramolecular Hbond substituents is 1. The van der Waals surface area contributed by atoms with Gasteiger partial charge in [0.25, 0.3) is 0 Å². The highest BCUT2D eigenvalue weighted by atomic mass is 32.3. The third-order valence-electron chi connectivity index (χ3n) is 6.12. The van der Waals surface area contributed by atoms with Crippen molar-refractivity contribution in [3.63, 3.8) is 0 Å². The summed E-state index contributed by atoms with van der Waals surface area (Å²) in [5.41, 5.74) is -1.32. The van der Waals surface area contributed by atoms with Gasteiger partial charge in [-0.3, -0.25) is 18.8 Å². The van der Waals surface area contributed by atoms with Gasteiger partial charge in [0.1, 0.15) is 23.9 Å². The average molecular weight is 413 g/mol. The first-order valence-electron chi connectivity index (χ1n) is 8.49. The summed E-state index contributed by atoms with van der Waals surface area (Å²) in [5.74, 6) is -0.0101. The number of piperidine rings is 1. The molecule has 2 aliphatic heterocycles. The van der Waals surface area contributed by atoms with E-state index in [4.69, 9.17) is 22.3 Å². The third kappa shape index (κ3) is 2.31. The minimum absolute atomic E-state index is 0.0627. The maximum atomic E-state index is 13.0. The van der Waals surface area contributed by atoms with Gasteiger partial charge in [-0.25, -0.2) is 0 Å². The monoisotopic (exact) mass is 413 g/mol. The lowest BCUT2D eigenvalue weighted by Gasteiger charge is -2.60. The second-order valence-corrected chi connectivity index (χ2v) is 8.36. The van der Waals surface area contributed by atoms with Crippen molar-refractivity contribution in [1.82, 2.24) is 4.90 Å². The predicted octanol–water partition coefficient (Wildman–Crippen LogP) is -0.700. The maximum absolute atomic E-state index is 13.0. The second kappa shape index (κ2) is 5.75. The highest BCUT2D eigenvalue weighted by Crippen LogP contribution is 2.63. The van der Waals surface area contributed by atoms with Gasteiger partial charge in [-0.05, 0) is 32.1 Å². The number of aliphatic hydroxyl groups is 2. The largest absolute Gasteiger partial charge is 0.504 e. The Bertz CT molecular complexity index is 998. The van der Waals surface area contributed by atoms with Crippen LogP contribution in [0.3, 0.4) is 0 Å². The predicted molar refractivity (Wildman–Crippen MR) is 93.8 cm³/mol. The van der Waals surface area contributed by atoms with Crippen molar-refractivity contribution >= 4 is 16.2 Å². The number of phenols is 1. The number of likely N-dealkylation sites (N-methyl/N-ethyl adjacent to an activating group) is 1. The fraction of sp³-hybridized carbons (Fsp3) is 0.471. The first kappa shape index (κ1) is 19.3. The van der Waals surface area contributed by atoms with Crippen molar-refractivity contribution < 1.29 is 42.4 Å². The maximum Gasteiger partial charge on any atom is 0.394 e. The zero-order chi connectivity index (χ0) is 20.6. The summed E-state index contributed by atoms with van der Waals surface area (Å²) in [7, 11) is -2.84. The number of hydrogen-bond donors (Lipinski definition) is 5. The summed E-state index contributed by atoms with van der Waals surface area (Å²) in [4.78, 5) is 14.9. The molecule has 0 aromatic heterocycles. The molecule has 4 aliphatic rings. The van der Waals surface area contributed by atoms with Crippen LogP contribution in [0.2, 0.25) is 0 Å². The molecule has 1 spiro atoms. The van der Waals surface area contributed by atoms with Gasteiger partial charge in [0.15, 0.2) is 17.3 Å². The number of aliphatic hydroxyl groups excluding tert-OH is 1. The van der Waals surface area contributed by atoms with Crippen LogP contribution in [0.5, 0.6) is 11.5 Å². The lowest BCUT2D eigenvalue weighted by atomic mass is 9.50. The molecule has 2 heterocycles. The number of aromatic hydroxyl groups is 1. The Morgan fingerprint density at radius 1 is 1.29 bits per heavy atom. The average Bonchev–Trinajstić information content (AvgIpc) is 2.92. The molecule has 11 heteroatoms. The van der Waals surface area contributed by atoms with Crippen LogP contribution >= 0.6 is 0 Å². The molecule has 0 amide bonds. The lowest BCUT2D eigenvalue weighted by Crippen LogP contribution is -2.76. The summed E-state index contributed by atoms with van der Waals surface area (Å²) < 4.78 is 37.5. The molecular weight excluding hydrogens is 394 g/mol. The van der Waals surface area contributed by atoms with E-state index in [-0.39, 0.29) is 17.3 Å². The zero-order valence-electron chi connectivity index (χ0n) is 14.7. The topological polar surface area (TPSA) is 165 Å². The van der Waals surface area contributed by atoms with Crippen LogP contribution in [0.25, 0.3) is 0 Å². The molecule has 1 aromatic rings. The lowest BCUT2D eigenvalue weighted by molar-refractivity contribution is -0.138. The van der Waals surface area contributed by atoms with Crippen LogP contribution in [0.4, 0.5) is 0 Å². The Morgan fingerprint density at radius 3 is 2.57 bits per heavy atom. The molecule has 5 N–H and O–H groups in total. The number of hydrogen-bond acceptors (Lipinski definition) is 8. The Balaban J connectivity index is 0.000000346. The van der Waals surface area contributed by atoms with Crippen LogP contribution in [0, 0.1) is 0 Å². The molecule has 1 fully saturated rings. The molecule has 10 nitrogen and oxygen atoms in total. The number of nitrogens with zero attached hydrogens (tertiary/aromatic N) is 1. The normalized spacial score (nSPS) is 37.6. The molecule has 1 saturated heterocycles. The van der Waals surface area contributed by atoms with Gasteiger partial charge in [-0.2, -0.15) is 8.42 Å². The van der Waals surface area contributed by atoms with Crippen molar-refractivity contribution in [3.8, 4) is 11.5 Å². The number of ketones is 1. The Morgan fingerprint density at radius 2 is 1.93 bits per heavy atom. The van der Waals surface area contributed by atoms with Crippen LogP contribution < -0.4 is 4.74 Å². The van der Waals surface area contributed by atoms with Gasteiger partial charge in [0.2, 0.25) is 0 Å². The summed E-state index contributed by atoms with van der Waals surface area (Å²) in [6.07, 6.45) is 1.99. The van der Waals surface area contributed by atoms with E-state index < -0.39 is 39.7 Å². The van der Waals surface area contributed by atoms with E-state index in [1.165, 1.54) is 12.1 Å². The summed E-state index contributed by atoms with van der Waals surface area (Å²) in [5, 5.41) is 32.1. The number of carbonyl (C=O) groups excluding carboxylic acids is 1. The van der Waals surface area contributed by atoms with Gasteiger partial charge in [-0.15, -0.1) is 0 Å². The van der Waals surface area contributed by atoms with E-state index >= 15 is 0 Å². The Hall–Kier alpha value is -2.02. The van der Waals surface area contributed by atoms with Crippen LogP contribution in [0.1, 0.15) is 22.3 Å². The Labute approximate surface area is 160 Å². The molecule has 0 radical (unpaired) electrons. The van der Waals surface area contributed by atoms with Crippen molar-refractivity contribution in [2.24, 2.45) is 0 Å². The quantitative estimate of drug-likeness (QED) is 0.271. The van der Waals surface area contributed by atoms with E-state index in [2.05, 4.69) is 0 Å². The molecule has 5 atom stereocenters. The SMILES string of the molecule is CN1CC[C@]23c4c5ccc(O)c4O[C@H]2[C@@H](O)C=C[C@@]3(O)[C@H]1C5=O.O=S(=O)(O)O. The molecule has 0 unspecified atom stereocenters.